The lowest BCUT2D eigenvalue weighted by molar-refractivity contribution is 0.0975. The predicted molar refractivity (Wildman–Crippen MR) is 81.4 cm³/mol. The van der Waals surface area contributed by atoms with Gasteiger partial charge in [0.05, 0.1) is 5.56 Å². The third-order valence-corrected chi connectivity index (χ3v) is 4.70. The molecule has 4 rings (SSSR count). The maximum atomic E-state index is 12.7. The van der Waals surface area contributed by atoms with Gasteiger partial charge in [-0.3, -0.25) is 9.59 Å². The van der Waals surface area contributed by atoms with Crippen LogP contribution in [0.3, 0.4) is 0 Å². The van der Waals surface area contributed by atoms with E-state index in [0.717, 1.165) is 42.9 Å². The van der Waals surface area contributed by atoms with Crippen LogP contribution < -0.4 is 0 Å². The van der Waals surface area contributed by atoms with Crippen molar-refractivity contribution in [3.8, 4) is 17.2 Å². The number of hydrogen-bond donors (Lipinski definition) is 3. The van der Waals surface area contributed by atoms with Gasteiger partial charge >= 0.3 is 0 Å². The number of carbonyl (C=O) groups excluding carboxylic acids is 2. The lowest BCUT2D eigenvalue weighted by Crippen LogP contribution is -2.22. The van der Waals surface area contributed by atoms with E-state index in [4.69, 9.17) is 0 Å². The Hall–Kier alpha value is -2.82. The zero-order valence-electron chi connectivity index (χ0n) is 12.2. The van der Waals surface area contributed by atoms with Gasteiger partial charge in [-0.05, 0) is 55.0 Å². The number of aryl methyl sites for hydroxylation is 2. The summed E-state index contributed by atoms with van der Waals surface area (Å²) in [6.07, 6.45) is 3.84. The van der Waals surface area contributed by atoms with Gasteiger partial charge in [-0.25, -0.2) is 0 Å². The molecule has 116 valence electrons. The second kappa shape index (κ2) is 4.59. The van der Waals surface area contributed by atoms with E-state index < -0.39 is 28.8 Å². The van der Waals surface area contributed by atoms with Crippen LogP contribution in [0.1, 0.15) is 55.8 Å². The number of ketones is 2. The summed E-state index contributed by atoms with van der Waals surface area (Å²) in [5.74, 6) is -3.08. The molecule has 0 saturated heterocycles. The van der Waals surface area contributed by atoms with Crippen molar-refractivity contribution in [1.82, 2.24) is 0 Å². The molecule has 0 amide bonds. The smallest absolute Gasteiger partial charge is 0.201 e. The van der Waals surface area contributed by atoms with Crippen LogP contribution in [0.2, 0.25) is 0 Å². The molecule has 0 heterocycles. The van der Waals surface area contributed by atoms with Gasteiger partial charge in [0.2, 0.25) is 5.75 Å². The van der Waals surface area contributed by atoms with Gasteiger partial charge in [-0.2, -0.15) is 0 Å². The topological polar surface area (TPSA) is 94.8 Å². The van der Waals surface area contributed by atoms with Crippen LogP contribution in [0.5, 0.6) is 17.2 Å². The number of rotatable bonds is 0. The molecule has 5 heteroatoms. The standard InChI is InChI=1S/C18H14O5/c19-13-7-12-14(18(23)17(13)22)16(21)11-6-9-4-2-1-3-8(9)5-10(11)15(12)20/h5-7,19,22-23H,1-4H2. The number of carbonyl (C=O) groups is 2. The summed E-state index contributed by atoms with van der Waals surface area (Å²) in [5.41, 5.74) is 2.37. The molecule has 2 aliphatic rings. The summed E-state index contributed by atoms with van der Waals surface area (Å²) >= 11 is 0. The lowest BCUT2D eigenvalue weighted by atomic mass is 9.79. The molecule has 0 unspecified atom stereocenters. The largest absolute Gasteiger partial charge is 0.504 e. The van der Waals surface area contributed by atoms with Crippen molar-refractivity contribution < 1.29 is 24.9 Å². The van der Waals surface area contributed by atoms with Gasteiger partial charge in [0.1, 0.15) is 0 Å². The minimum atomic E-state index is -0.786. The van der Waals surface area contributed by atoms with Crippen LogP contribution in [0.25, 0.3) is 0 Å². The quantitative estimate of drug-likeness (QED) is 0.554. The number of phenolic OH excluding ortho intramolecular Hbond substituents is 3. The Morgan fingerprint density at radius 3 is 1.87 bits per heavy atom. The summed E-state index contributed by atoms with van der Waals surface area (Å²) in [6, 6.07) is 4.53. The van der Waals surface area contributed by atoms with Gasteiger partial charge in [-0.15, -0.1) is 0 Å². The molecular formula is C18H14O5. The first kappa shape index (κ1) is 13.8. The summed E-state index contributed by atoms with van der Waals surface area (Å²) in [6.45, 7) is 0. The average Bonchev–Trinajstić information content (AvgIpc) is 2.56. The van der Waals surface area contributed by atoms with Gasteiger partial charge < -0.3 is 15.3 Å². The second-order valence-electron chi connectivity index (χ2n) is 6.05. The Balaban J connectivity index is 2.00. The van der Waals surface area contributed by atoms with E-state index >= 15 is 0 Å². The molecule has 0 bridgehead atoms. The Bertz CT molecular complexity index is 895. The molecule has 0 radical (unpaired) electrons. The fraction of sp³-hybridized carbons (Fsp3) is 0.222. The van der Waals surface area contributed by atoms with Gasteiger partial charge in [0.15, 0.2) is 23.1 Å². The Labute approximate surface area is 131 Å². The summed E-state index contributed by atoms with van der Waals surface area (Å²) in [5, 5.41) is 29.3. The lowest BCUT2D eigenvalue weighted by Gasteiger charge is -2.23. The molecular weight excluding hydrogens is 296 g/mol. The van der Waals surface area contributed by atoms with E-state index in [2.05, 4.69) is 0 Å². The average molecular weight is 310 g/mol. The molecule has 23 heavy (non-hydrogen) atoms. The third kappa shape index (κ3) is 1.79. The third-order valence-electron chi connectivity index (χ3n) is 4.70. The number of fused-ring (bicyclic) bond motifs is 3. The first-order valence-electron chi connectivity index (χ1n) is 7.52. The van der Waals surface area contributed by atoms with E-state index in [1.54, 1.807) is 12.1 Å². The summed E-state index contributed by atoms with van der Waals surface area (Å²) in [4.78, 5) is 25.4. The van der Waals surface area contributed by atoms with Crippen molar-refractivity contribution in [1.29, 1.82) is 0 Å². The van der Waals surface area contributed by atoms with E-state index in [1.165, 1.54) is 0 Å². The fourth-order valence-electron chi connectivity index (χ4n) is 3.49. The van der Waals surface area contributed by atoms with Crippen LogP contribution in [-0.4, -0.2) is 26.9 Å². The molecule has 0 atom stereocenters. The van der Waals surface area contributed by atoms with Crippen LogP contribution in [0.15, 0.2) is 18.2 Å². The molecule has 0 aromatic heterocycles. The monoisotopic (exact) mass is 310 g/mol. The Kier molecular flexibility index (Phi) is 2.75. The minimum Gasteiger partial charge on any atom is -0.504 e. The van der Waals surface area contributed by atoms with Gasteiger partial charge in [0.25, 0.3) is 0 Å². The van der Waals surface area contributed by atoms with Crippen molar-refractivity contribution in [3.63, 3.8) is 0 Å². The molecule has 2 aromatic carbocycles. The van der Waals surface area contributed by atoms with Crippen LogP contribution >= 0.6 is 0 Å². The first-order chi connectivity index (χ1) is 11.0. The highest BCUT2D eigenvalue weighted by Gasteiger charge is 2.35. The molecule has 5 nitrogen and oxygen atoms in total. The fourth-order valence-corrected chi connectivity index (χ4v) is 3.49. The van der Waals surface area contributed by atoms with Crippen molar-refractivity contribution in [2.24, 2.45) is 0 Å². The first-order valence-corrected chi connectivity index (χ1v) is 7.52. The van der Waals surface area contributed by atoms with Crippen molar-refractivity contribution in [2.75, 3.05) is 0 Å². The minimum absolute atomic E-state index is 0.0777. The van der Waals surface area contributed by atoms with E-state index in [-0.39, 0.29) is 16.7 Å². The molecule has 0 fully saturated rings. The van der Waals surface area contributed by atoms with E-state index in [9.17, 15) is 24.9 Å². The van der Waals surface area contributed by atoms with Crippen LogP contribution in [-0.2, 0) is 12.8 Å². The molecule has 0 saturated carbocycles. The van der Waals surface area contributed by atoms with Crippen molar-refractivity contribution in [2.45, 2.75) is 25.7 Å². The predicted octanol–water partition coefficient (Wildman–Crippen LogP) is 2.46. The Morgan fingerprint density at radius 2 is 1.26 bits per heavy atom. The normalized spacial score (nSPS) is 15.8. The van der Waals surface area contributed by atoms with Crippen molar-refractivity contribution >= 4 is 11.6 Å². The van der Waals surface area contributed by atoms with Crippen LogP contribution in [0.4, 0.5) is 0 Å². The highest BCUT2D eigenvalue weighted by molar-refractivity contribution is 6.29. The van der Waals surface area contributed by atoms with Crippen LogP contribution in [0, 0.1) is 0 Å². The summed E-state index contributed by atoms with van der Waals surface area (Å²) < 4.78 is 0. The maximum Gasteiger partial charge on any atom is 0.201 e. The number of benzene rings is 2. The number of phenols is 3. The van der Waals surface area contributed by atoms with Gasteiger partial charge in [0, 0.05) is 16.7 Å². The second-order valence-corrected chi connectivity index (χ2v) is 6.05. The highest BCUT2D eigenvalue weighted by Crippen LogP contribution is 2.44. The molecule has 2 aliphatic carbocycles. The number of aromatic hydroxyl groups is 3. The molecule has 3 N–H and O–H groups in total. The van der Waals surface area contributed by atoms with E-state index in [1.807, 2.05) is 0 Å². The zero-order chi connectivity index (χ0) is 16.3. The molecule has 2 aromatic rings. The SMILES string of the molecule is O=C1c2cc3c(cc2C(=O)c2c1cc(O)c(O)c2O)CCCC3. The zero-order valence-corrected chi connectivity index (χ0v) is 12.2. The number of hydrogen-bond acceptors (Lipinski definition) is 5. The van der Waals surface area contributed by atoms with Gasteiger partial charge in [-0.1, -0.05) is 0 Å². The molecule has 0 aliphatic heterocycles. The van der Waals surface area contributed by atoms with Crippen molar-refractivity contribution in [3.05, 3.63) is 51.6 Å². The maximum absolute atomic E-state index is 12.7. The summed E-state index contributed by atoms with van der Waals surface area (Å²) in [7, 11) is 0. The van der Waals surface area contributed by atoms with E-state index in [0.29, 0.717) is 5.56 Å². The molecule has 0 spiro atoms. The highest BCUT2D eigenvalue weighted by atomic mass is 16.3. The Morgan fingerprint density at radius 1 is 0.696 bits per heavy atom.